The summed E-state index contributed by atoms with van der Waals surface area (Å²) in [7, 11) is 0. The number of para-hydroxylation sites is 1. The maximum absolute atomic E-state index is 11.9. The first-order valence-electron chi connectivity index (χ1n) is 7.95. The number of hydrogen-bond donors (Lipinski definition) is 2. The minimum absolute atomic E-state index is 0.194. The molecule has 0 fully saturated rings. The van der Waals surface area contributed by atoms with Crippen LogP contribution in [0.15, 0.2) is 51.9 Å². The van der Waals surface area contributed by atoms with E-state index in [0.29, 0.717) is 5.56 Å². The molecule has 0 unspecified atom stereocenters. The molecular formula is C18H14ClN3O4S2. The smallest absolute Gasteiger partial charge is 0.341 e. The Balaban J connectivity index is 1.49. The molecule has 0 saturated carbocycles. The molecule has 0 saturated heterocycles. The largest absolute Gasteiger partial charge is 0.480 e. The molecule has 144 valence electrons. The van der Waals surface area contributed by atoms with Crippen molar-refractivity contribution >= 4 is 63.0 Å². The Morgan fingerprint density at radius 1 is 1.32 bits per heavy atom. The zero-order valence-electron chi connectivity index (χ0n) is 14.3. The van der Waals surface area contributed by atoms with Gasteiger partial charge in [-0.15, -0.1) is 11.3 Å². The number of hydrogen-bond acceptors (Lipinski definition) is 7. The number of carboxylic acid groups (broad SMARTS) is 1. The van der Waals surface area contributed by atoms with Crippen LogP contribution in [0.1, 0.15) is 5.56 Å². The van der Waals surface area contributed by atoms with Crippen molar-refractivity contribution in [2.75, 3.05) is 12.4 Å². The third-order valence-electron chi connectivity index (χ3n) is 3.31. The Kier molecular flexibility index (Phi) is 6.85. The molecule has 0 bridgehead atoms. The van der Waals surface area contributed by atoms with Crippen molar-refractivity contribution in [3.05, 3.63) is 53.1 Å². The Labute approximate surface area is 173 Å². The number of aromatic nitrogens is 1. The van der Waals surface area contributed by atoms with Gasteiger partial charge in [-0.25, -0.2) is 15.2 Å². The topological polar surface area (TPSA) is 101 Å². The van der Waals surface area contributed by atoms with Crippen LogP contribution in [0, 0.1) is 0 Å². The number of nitrogens with one attached hydrogen (secondary N) is 1. The number of fused-ring (bicyclic) bond motifs is 1. The standard InChI is InChI=1S/C18H14ClN3O4S2/c19-12-7-11(5-6-14(12)26-9-17(24)25)8-20-22-16(23)10-27-18-21-13-3-1-2-4-15(13)28-18/h1-8H,9-10H2,(H,22,23)(H,24,25)/b20-8+. The van der Waals surface area contributed by atoms with E-state index in [-0.39, 0.29) is 22.4 Å². The lowest BCUT2D eigenvalue weighted by molar-refractivity contribution is -0.139. The summed E-state index contributed by atoms with van der Waals surface area (Å²) in [4.78, 5) is 26.9. The number of carboxylic acids is 1. The van der Waals surface area contributed by atoms with Crippen LogP contribution in [-0.2, 0) is 9.59 Å². The van der Waals surface area contributed by atoms with E-state index in [1.54, 1.807) is 12.1 Å². The number of carbonyl (C=O) groups is 2. The van der Waals surface area contributed by atoms with Crippen LogP contribution < -0.4 is 10.2 Å². The lowest BCUT2D eigenvalue weighted by atomic mass is 10.2. The molecule has 28 heavy (non-hydrogen) atoms. The van der Waals surface area contributed by atoms with Crippen molar-refractivity contribution in [1.82, 2.24) is 10.4 Å². The third-order valence-corrected chi connectivity index (χ3v) is 5.79. The number of ether oxygens (including phenoxy) is 1. The van der Waals surface area contributed by atoms with Gasteiger partial charge in [0.1, 0.15) is 5.75 Å². The van der Waals surface area contributed by atoms with E-state index >= 15 is 0 Å². The van der Waals surface area contributed by atoms with Crippen LogP contribution in [0.5, 0.6) is 5.75 Å². The highest BCUT2D eigenvalue weighted by Crippen LogP contribution is 2.29. The molecule has 0 aliphatic rings. The molecule has 2 N–H and O–H groups in total. The summed E-state index contributed by atoms with van der Waals surface area (Å²) in [6.45, 7) is -0.477. The summed E-state index contributed by atoms with van der Waals surface area (Å²) in [6, 6.07) is 12.5. The number of amides is 1. The van der Waals surface area contributed by atoms with Gasteiger partial charge in [0.05, 0.1) is 27.2 Å². The van der Waals surface area contributed by atoms with Crippen molar-refractivity contribution < 1.29 is 19.4 Å². The number of halogens is 1. The number of hydrazone groups is 1. The summed E-state index contributed by atoms with van der Waals surface area (Å²) in [6.07, 6.45) is 1.44. The molecule has 1 heterocycles. The first kappa shape index (κ1) is 20.1. The Hall–Kier alpha value is -2.62. The lowest BCUT2D eigenvalue weighted by Crippen LogP contribution is -2.19. The van der Waals surface area contributed by atoms with Crippen molar-refractivity contribution in [3.8, 4) is 5.75 Å². The lowest BCUT2D eigenvalue weighted by Gasteiger charge is -2.05. The van der Waals surface area contributed by atoms with E-state index in [1.165, 1.54) is 35.4 Å². The fourth-order valence-electron chi connectivity index (χ4n) is 2.11. The molecule has 0 atom stereocenters. The van der Waals surface area contributed by atoms with E-state index < -0.39 is 12.6 Å². The van der Waals surface area contributed by atoms with Crippen molar-refractivity contribution in [2.45, 2.75) is 4.34 Å². The van der Waals surface area contributed by atoms with Gasteiger partial charge in [-0.1, -0.05) is 35.5 Å². The summed E-state index contributed by atoms with van der Waals surface area (Å²) < 4.78 is 6.94. The molecule has 1 amide bonds. The molecular weight excluding hydrogens is 422 g/mol. The molecule has 0 aliphatic heterocycles. The second kappa shape index (κ2) is 9.54. The van der Waals surface area contributed by atoms with Crippen LogP contribution in [0.25, 0.3) is 10.2 Å². The molecule has 1 aromatic heterocycles. The molecule has 2 aromatic carbocycles. The summed E-state index contributed by atoms with van der Waals surface area (Å²) in [5, 5.41) is 12.8. The normalized spacial score (nSPS) is 11.0. The van der Waals surface area contributed by atoms with Gasteiger partial charge < -0.3 is 9.84 Å². The Bertz CT molecular complexity index is 1010. The van der Waals surface area contributed by atoms with Gasteiger partial charge in [-0.3, -0.25) is 4.79 Å². The fraction of sp³-hybridized carbons (Fsp3) is 0.111. The Morgan fingerprint density at radius 3 is 2.89 bits per heavy atom. The highest BCUT2D eigenvalue weighted by Gasteiger charge is 2.07. The van der Waals surface area contributed by atoms with Gasteiger partial charge in [-0.05, 0) is 35.9 Å². The predicted molar refractivity (Wildman–Crippen MR) is 111 cm³/mol. The maximum Gasteiger partial charge on any atom is 0.341 e. The van der Waals surface area contributed by atoms with Crippen LogP contribution in [-0.4, -0.2) is 40.5 Å². The average Bonchev–Trinajstić information content (AvgIpc) is 3.08. The van der Waals surface area contributed by atoms with E-state index in [1.807, 2.05) is 24.3 Å². The SMILES string of the molecule is O=C(O)COc1ccc(/C=N/NC(=O)CSc2nc3ccccc3s2)cc1Cl. The summed E-state index contributed by atoms with van der Waals surface area (Å²) in [5.41, 5.74) is 3.99. The molecule has 0 radical (unpaired) electrons. The van der Waals surface area contributed by atoms with E-state index in [4.69, 9.17) is 21.4 Å². The fourth-order valence-corrected chi connectivity index (χ4v) is 4.21. The highest BCUT2D eigenvalue weighted by atomic mass is 35.5. The van der Waals surface area contributed by atoms with Gasteiger partial charge in [0.25, 0.3) is 5.91 Å². The van der Waals surface area contributed by atoms with Gasteiger partial charge >= 0.3 is 5.97 Å². The molecule has 3 aromatic rings. The molecule has 0 spiro atoms. The first-order valence-corrected chi connectivity index (χ1v) is 10.1. The number of thiazole rings is 1. The minimum atomic E-state index is -1.09. The van der Waals surface area contributed by atoms with Crippen LogP contribution in [0.2, 0.25) is 5.02 Å². The average molecular weight is 436 g/mol. The first-order chi connectivity index (χ1) is 13.5. The number of rotatable bonds is 8. The monoisotopic (exact) mass is 435 g/mol. The van der Waals surface area contributed by atoms with Crippen molar-refractivity contribution in [3.63, 3.8) is 0 Å². The van der Waals surface area contributed by atoms with Gasteiger partial charge in [0, 0.05) is 0 Å². The number of benzene rings is 2. The second-order valence-corrected chi connectivity index (χ2v) is 8.06. The maximum atomic E-state index is 11.9. The van der Waals surface area contributed by atoms with Gasteiger partial charge in [0.2, 0.25) is 0 Å². The molecule has 10 heteroatoms. The third kappa shape index (κ3) is 5.69. The Morgan fingerprint density at radius 2 is 2.14 bits per heavy atom. The van der Waals surface area contributed by atoms with Gasteiger partial charge in [0.15, 0.2) is 10.9 Å². The van der Waals surface area contributed by atoms with E-state index in [9.17, 15) is 9.59 Å². The van der Waals surface area contributed by atoms with Crippen LogP contribution in [0.4, 0.5) is 0 Å². The highest BCUT2D eigenvalue weighted by molar-refractivity contribution is 8.01. The van der Waals surface area contributed by atoms with Crippen LogP contribution >= 0.6 is 34.7 Å². The summed E-state index contributed by atoms with van der Waals surface area (Å²) >= 11 is 8.92. The number of nitrogens with zero attached hydrogens (tertiary/aromatic N) is 2. The molecule has 3 rings (SSSR count). The van der Waals surface area contributed by atoms with Crippen LogP contribution in [0.3, 0.4) is 0 Å². The zero-order valence-corrected chi connectivity index (χ0v) is 16.7. The minimum Gasteiger partial charge on any atom is -0.480 e. The second-order valence-electron chi connectivity index (χ2n) is 5.40. The summed E-state index contributed by atoms with van der Waals surface area (Å²) in [5.74, 6) is -0.890. The van der Waals surface area contributed by atoms with Crippen molar-refractivity contribution in [1.29, 1.82) is 0 Å². The molecule has 0 aliphatic carbocycles. The predicted octanol–water partition coefficient (Wildman–Crippen LogP) is 3.66. The van der Waals surface area contributed by atoms with Gasteiger partial charge in [-0.2, -0.15) is 5.10 Å². The number of thioether (sulfide) groups is 1. The van der Waals surface area contributed by atoms with Crippen molar-refractivity contribution in [2.24, 2.45) is 5.10 Å². The van der Waals surface area contributed by atoms with E-state index in [0.717, 1.165) is 14.6 Å². The number of aliphatic carboxylic acids is 1. The molecule has 7 nitrogen and oxygen atoms in total. The zero-order chi connectivity index (χ0) is 19.9. The van der Waals surface area contributed by atoms with E-state index in [2.05, 4.69) is 15.5 Å². The quantitative estimate of drug-likeness (QED) is 0.318. The number of carbonyl (C=O) groups excluding carboxylic acids is 1.